The zero-order valence-corrected chi connectivity index (χ0v) is 24.5. The van der Waals surface area contributed by atoms with Gasteiger partial charge in [0.05, 0.1) is 47.7 Å². The van der Waals surface area contributed by atoms with Crippen molar-refractivity contribution < 1.29 is 27.4 Å². The van der Waals surface area contributed by atoms with Crippen LogP contribution in [0.15, 0.2) is 72.8 Å². The van der Waals surface area contributed by atoms with Gasteiger partial charge in [-0.3, -0.25) is 4.39 Å². The van der Waals surface area contributed by atoms with Gasteiger partial charge >= 0.3 is 5.97 Å². The molecule has 0 saturated heterocycles. The van der Waals surface area contributed by atoms with Crippen LogP contribution in [0.3, 0.4) is 0 Å². The van der Waals surface area contributed by atoms with Crippen molar-refractivity contribution in [2.45, 2.75) is 38.8 Å². The number of methoxy groups -OCH3 is 1. The van der Waals surface area contributed by atoms with Crippen molar-refractivity contribution in [3.63, 3.8) is 0 Å². The van der Waals surface area contributed by atoms with Gasteiger partial charge in [-0.15, -0.1) is 0 Å². The molecule has 0 amide bonds. The molecule has 10 heteroatoms. The van der Waals surface area contributed by atoms with Crippen LogP contribution in [-0.4, -0.2) is 34.3 Å². The molecule has 228 valence electrons. The van der Waals surface area contributed by atoms with Crippen LogP contribution in [0.5, 0.6) is 5.88 Å². The molecular weight excluding hydrogens is 581 g/mol. The summed E-state index contributed by atoms with van der Waals surface area (Å²) in [5.41, 5.74) is 3.34. The molecule has 0 aliphatic heterocycles. The second kappa shape index (κ2) is 12.4. The SMILES string of the molecule is COC(=O)c1ccc2nc(Cc3ccc(-c4cccc(OCc5ccc(C#N)cc5F)n4)cc3F)n(CCC3(CF)CC3)c2c1. The number of hydrogen-bond acceptors (Lipinski definition) is 6. The summed E-state index contributed by atoms with van der Waals surface area (Å²) >= 11 is 0. The Labute approximate surface area is 257 Å². The molecule has 0 N–H and O–H groups in total. The van der Waals surface area contributed by atoms with Gasteiger partial charge in [0.1, 0.15) is 24.1 Å². The van der Waals surface area contributed by atoms with Crippen LogP contribution < -0.4 is 4.74 Å². The molecule has 5 aromatic rings. The molecule has 2 aromatic heterocycles. The molecule has 45 heavy (non-hydrogen) atoms. The number of carbonyl (C=O) groups is 1. The lowest BCUT2D eigenvalue weighted by molar-refractivity contribution is 0.0601. The van der Waals surface area contributed by atoms with Crippen LogP contribution >= 0.6 is 0 Å². The van der Waals surface area contributed by atoms with Crippen molar-refractivity contribution >= 4 is 17.0 Å². The minimum atomic E-state index is -0.547. The first-order chi connectivity index (χ1) is 21.8. The zero-order chi connectivity index (χ0) is 31.6. The number of benzene rings is 3. The third-order valence-corrected chi connectivity index (χ3v) is 8.33. The highest BCUT2D eigenvalue weighted by Crippen LogP contribution is 2.49. The molecule has 0 atom stereocenters. The van der Waals surface area contributed by atoms with Gasteiger partial charge in [0.25, 0.3) is 0 Å². The highest BCUT2D eigenvalue weighted by molar-refractivity contribution is 5.93. The van der Waals surface area contributed by atoms with Crippen molar-refractivity contribution in [3.05, 3.63) is 113 Å². The van der Waals surface area contributed by atoms with E-state index in [1.807, 2.05) is 10.6 Å². The Balaban J connectivity index is 1.23. The molecule has 0 unspecified atom stereocenters. The minimum absolute atomic E-state index is 0.0874. The predicted molar refractivity (Wildman–Crippen MR) is 161 cm³/mol. The third-order valence-electron chi connectivity index (χ3n) is 8.33. The van der Waals surface area contributed by atoms with E-state index in [0.717, 1.165) is 18.9 Å². The summed E-state index contributed by atoms with van der Waals surface area (Å²) in [7, 11) is 1.32. The monoisotopic (exact) mass is 610 g/mol. The topological polar surface area (TPSA) is 90.0 Å². The van der Waals surface area contributed by atoms with Crippen LogP contribution in [0.25, 0.3) is 22.3 Å². The molecule has 7 nitrogen and oxygen atoms in total. The molecule has 3 aromatic carbocycles. The maximum atomic E-state index is 15.6. The van der Waals surface area contributed by atoms with Gasteiger partial charge in [0.15, 0.2) is 0 Å². The molecule has 6 rings (SSSR count). The Kier molecular flexibility index (Phi) is 8.26. The van der Waals surface area contributed by atoms with Crippen molar-refractivity contribution in [2.75, 3.05) is 13.8 Å². The second-order valence-corrected chi connectivity index (χ2v) is 11.3. The standard InChI is InChI=1S/C35H29F3N4O3/c1-44-34(43)25-9-10-30-31(17-25)42(14-13-35(21-36)11-12-35)32(40-30)18-23-7-8-24(16-28(23)38)29-3-2-4-33(41-29)45-20-26-6-5-22(19-39)15-27(26)37/h2-10,15-17H,11-14,18,20-21H2,1H3. The number of rotatable bonds is 11. The summed E-state index contributed by atoms with van der Waals surface area (Å²) in [6, 6.07) is 21.0. The quantitative estimate of drug-likeness (QED) is 0.145. The Hall–Kier alpha value is -5.17. The van der Waals surface area contributed by atoms with Crippen molar-refractivity contribution in [1.29, 1.82) is 5.26 Å². The highest BCUT2D eigenvalue weighted by atomic mass is 19.1. The average molecular weight is 611 g/mol. The molecule has 1 fully saturated rings. The van der Waals surface area contributed by atoms with Gasteiger partial charge < -0.3 is 14.0 Å². The molecule has 0 spiro atoms. The smallest absolute Gasteiger partial charge is 0.337 e. The lowest BCUT2D eigenvalue weighted by atomic mass is 10.0. The predicted octanol–water partition coefficient (Wildman–Crippen LogP) is 7.34. The van der Waals surface area contributed by atoms with Gasteiger partial charge in [0, 0.05) is 35.6 Å². The molecular formula is C35H29F3N4O3. The summed E-state index contributed by atoms with van der Waals surface area (Å²) in [6.45, 7) is 0.0179. The number of nitriles is 1. The van der Waals surface area contributed by atoms with Gasteiger partial charge in [-0.1, -0.05) is 24.3 Å². The summed E-state index contributed by atoms with van der Waals surface area (Å²) < 4.78 is 56.0. The van der Waals surface area contributed by atoms with E-state index in [1.165, 1.54) is 25.3 Å². The number of nitrogens with zero attached hydrogens (tertiary/aromatic N) is 4. The molecule has 1 aliphatic carbocycles. The van der Waals surface area contributed by atoms with E-state index in [0.29, 0.717) is 52.2 Å². The van der Waals surface area contributed by atoms with Crippen LogP contribution in [-0.2, 0) is 24.3 Å². The summed E-state index contributed by atoms with van der Waals surface area (Å²) in [6.07, 6.45) is 2.47. The number of ether oxygens (including phenoxy) is 2. The van der Waals surface area contributed by atoms with Crippen LogP contribution in [0, 0.1) is 28.4 Å². The van der Waals surface area contributed by atoms with E-state index in [-0.39, 0.29) is 42.1 Å². The highest BCUT2D eigenvalue weighted by Gasteiger charge is 2.42. The second-order valence-electron chi connectivity index (χ2n) is 11.3. The van der Waals surface area contributed by atoms with Crippen LogP contribution in [0.4, 0.5) is 13.2 Å². The number of aryl methyl sites for hydroxylation is 1. The number of carbonyl (C=O) groups excluding carboxylic acids is 1. The molecule has 2 heterocycles. The van der Waals surface area contributed by atoms with Gasteiger partial charge in [-0.25, -0.2) is 23.5 Å². The fourth-order valence-corrected chi connectivity index (χ4v) is 5.34. The Morgan fingerprint density at radius 2 is 1.80 bits per heavy atom. The zero-order valence-electron chi connectivity index (χ0n) is 24.5. The molecule has 0 bridgehead atoms. The molecule has 1 aliphatic rings. The Bertz CT molecular complexity index is 1950. The largest absolute Gasteiger partial charge is 0.473 e. The fraction of sp³-hybridized carbons (Fsp3) is 0.257. The number of alkyl halides is 1. The van der Waals surface area contributed by atoms with E-state index in [1.54, 1.807) is 48.5 Å². The van der Waals surface area contributed by atoms with E-state index in [4.69, 9.17) is 19.7 Å². The van der Waals surface area contributed by atoms with Crippen LogP contribution in [0.1, 0.15) is 52.1 Å². The molecule has 1 saturated carbocycles. The van der Waals surface area contributed by atoms with E-state index < -0.39 is 17.6 Å². The number of esters is 1. The van der Waals surface area contributed by atoms with Crippen molar-refractivity contribution in [2.24, 2.45) is 5.41 Å². The Morgan fingerprint density at radius 1 is 1.00 bits per heavy atom. The minimum Gasteiger partial charge on any atom is -0.473 e. The van der Waals surface area contributed by atoms with E-state index in [2.05, 4.69) is 4.98 Å². The number of fused-ring (bicyclic) bond motifs is 1. The maximum absolute atomic E-state index is 15.6. The first-order valence-electron chi connectivity index (χ1n) is 14.5. The first-order valence-corrected chi connectivity index (χ1v) is 14.5. The normalized spacial score (nSPS) is 13.4. The number of halogens is 3. The fourth-order valence-electron chi connectivity index (χ4n) is 5.34. The van der Waals surface area contributed by atoms with Crippen LogP contribution in [0.2, 0.25) is 0 Å². The lowest BCUT2D eigenvalue weighted by Gasteiger charge is -2.14. The number of aromatic nitrogens is 3. The summed E-state index contributed by atoms with van der Waals surface area (Å²) in [4.78, 5) is 21.4. The Morgan fingerprint density at radius 3 is 2.51 bits per heavy atom. The van der Waals surface area contributed by atoms with E-state index >= 15 is 4.39 Å². The van der Waals surface area contributed by atoms with Gasteiger partial charge in [-0.2, -0.15) is 5.26 Å². The lowest BCUT2D eigenvalue weighted by Crippen LogP contribution is -2.12. The van der Waals surface area contributed by atoms with E-state index in [9.17, 15) is 13.6 Å². The maximum Gasteiger partial charge on any atom is 0.337 e. The molecule has 0 radical (unpaired) electrons. The first kappa shape index (κ1) is 29.9. The number of imidazole rings is 1. The third kappa shape index (κ3) is 6.38. The van der Waals surface area contributed by atoms with Crippen molar-refractivity contribution in [1.82, 2.24) is 14.5 Å². The van der Waals surface area contributed by atoms with Crippen molar-refractivity contribution in [3.8, 4) is 23.2 Å². The van der Waals surface area contributed by atoms with Gasteiger partial charge in [0.2, 0.25) is 5.88 Å². The summed E-state index contributed by atoms with van der Waals surface area (Å²) in [5, 5.41) is 8.93. The van der Waals surface area contributed by atoms with Gasteiger partial charge in [-0.05, 0) is 67.3 Å². The average Bonchev–Trinajstić information content (AvgIpc) is 3.77. The number of hydrogen-bond donors (Lipinski definition) is 0. The number of pyridine rings is 1. The summed E-state index contributed by atoms with van der Waals surface area (Å²) in [5.74, 6) is -0.620.